The fourth-order valence-electron chi connectivity index (χ4n) is 1.24. The molecule has 1 heterocycles. The Labute approximate surface area is 71.8 Å². The number of hydrogen-bond donors (Lipinski definition) is 0. The van der Waals surface area contributed by atoms with Crippen LogP contribution in [0.3, 0.4) is 0 Å². The Balaban J connectivity index is 2.53. The van der Waals surface area contributed by atoms with Crippen LogP contribution >= 0.6 is 0 Å². The Morgan fingerprint density at radius 3 is 2.67 bits per heavy atom. The summed E-state index contributed by atoms with van der Waals surface area (Å²) in [7, 11) is -2.96. The van der Waals surface area contributed by atoms with Crippen LogP contribution in [0.25, 0.3) is 0 Å². The fraction of sp³-hybridized carbons (Fsp3) is 0.857. The van der Waals surface area contributed by atoms with Crippen LogP contribution < -0.4 is 0 Å². The van der Waals surface area contributed by atoms with Gasteiger partial charge in [-0.3, -0.25) is 4.79 Å². The van der Waals surface area contributed by atoms with Gasteiger partial charge < -0.3 is 4.74 Å². The Kier molecular flexibility index (Phi) is 2.72. The summed E-state index contributed by atoms with van der Waals surface area (Å²) in [5.74, 6) is -0.712. The van der Waals surface area contributed by atoms with Gasteiger partial charge in [0, 0.05) is 0 Å². The summed E-state index contributed by atoms with van der Waals surface area (Å²) in [5, 5.41) is 0. The van der Waals surface area contributed by atoms with Crippen LogP contribution in [0.5, 0.6) is 0 Å². The van der Waals surface area contributed by atoms with Crippen LogP contribution in [-0.2, 0) is 19.4 Å². The third kappa shape index (κ3) is 2.20. The second-order valence-corrected chi connectivity index (χ2v) is 5.08. The molecule has 0 N–H and O–H groups in total. The van der Waals surface area contributed by atoms with Crippen LogP contribution in [0.1, 0.15) is 13.3 Å². The third-order valence-electron chi connectivity index (χ3n) is 1.85. The van der Waals surface area contributed by atoms with Crippen molar-refractivity contribution in [2.24, 2.45) is 5.92 Å². The molecule has 0 spiro atoms. The van der Waals surface area contributed by atoms with Gasteiger partial charge in [-0.1, -0.05) is 0 Å². The predicted molar refractivity (Wildman–Crippen MR) is 43.4 cm³/mol. The summed E-state index contributed by atoms with van der Waals surface area (Å²) in [6.07, 6.45) is 0.418. The molecule has 4 nitrogen and oxygen atoms in total. The van der Waals surface area contributed by atoms with Crippen molar-refractivity contribution in [1.29, 1.82) is 0 Å². The van der Waals surface area contributed by atoms with Crippen molar-refractivity contribution in [3.8, 4) is 0 Å². The summed E-state index contributed by atoms with van der Waals surface area (Å²) in [6, 6.07) is 0. The number of sulfone groups is 1. The van der Waals surface area contributed by atoms with Gasteiger partial charge in [-0.05, 0) is 13.3 Å². The van der Waals surface area contributed by atoms with Crippen LogP contribution in [0.4, 0.5) is 0 Å². The van der Waals surface area contributed by atoms with E-state index in [0.29, 0.717) is 13.0 Å². The van der Waals surface area contributed by atoms with E-state index in [4.69, 9.17) is 4.74 Å². The monoisotopic (exact) mass is 192 g/mol. The van der Waals surface area contributed by atoms with E-state index in [9.17, 15) is 13.2 Å². The lowest BCUT2D eigenvalue weighted by Gasteiger charge is -2.05. The van der Waals surface area contributed by atoms with E-state index in [0.717, 1.165) is 0 Å². The Morgan fingerprint density at radius 1 is 1.58 bits per heavy atom. The summed E-state index contributed by atoms with van der Waals surface area (Å²) in [5.41, 5.74) is 0. The lowest BCUT2D eigenvalue weighted by atomic mass is 10.1. The van der Waals surface area contributed by atoms with Crippen molar-refractivity contribution >= 4 is 15.8 Å². The molecule has 1 aliphatic rings. The standard InChI is InChI=1S/C7H12O4S/c1-2-11-7(8)6-3-4-12(9,10)5-6/h6H,2-5H2,1H3. The quantitative estimate of drug-likeness (QED) is 0.577. The van der Waals surface area contributed by atoms with Gasteiger partial charge in [-0.2, -0.15) is 0 Å². The van der Waals surface area contributed by atoms with Gasteiger partial charge in [-0.15, -0.1) is 0 Å². The molecule has 70 valence electrons. The highest BCUT2D eigenvalue weighted by Crippen LogP contribution is 2.19. The molecule has 5 heteroatoms. The Morgan fingerprint density at radius 2 is 2.25 bits per heavy atom. The minimum Gasteiger partial charge on any atom is -0.466 e. The molecule has 0 aromatic carbocycles. The number of carbonyl (C=O) groups excluding carboxylic acids is 1. The van der Waals surface area contributed by atoms with E-state index in [2.05, 4.69) is 0 Å². The fourth-order valence-corrected chi connectivity index (χ4v) is 2.97. The van der Waals surface area contributed by atoms with Crippen molar-refractivity contribution in [3.63, 3.8) is 0 Å². The first kappa shape index (κ1) is 9.51. The number of ether oxygens (including phenoxy) is 1. The second kappa shape index (κ2) is 3.43. The lowest BCUT2D eigenvalue weighted by Crippen LogP contribution is -2.18. The predicted octanol–water partition coefficient (Wildman–Crippen LogP) is -0.0158. The molecule has 0 aliphatic carbocycles. The van der Waals surface area contributed by atoms with E-state index >= 15 is 0 Å². The number of rotatable bonds is 2. The lowest BCUT2D eigenvalue weighted by molar-refractivity contribution is -0.147. The van der Waals surface area contributed by atoms with E-state index in [1.54, 1.807) is 6.92 Å². The Bertz CT molecular complexity index is 267. The largest absolute Gasteiger partial charge is 0.466 e. The van der Waals surface area contributed by atoms with Gasteiger partial charge >= 0.3 is 5.97 Å². The first-order valence-corrected chi connectivity index (χ1v) is 5.74. The van der Waals surface area contributed by atoms with Crippen LogP contribution in [0.15, 0.2) is 0 Å². The van der Waals surface area contributed by atoms with Gasteiger partial charge in [0.25, 0.3) is 0 Å². The average molecular weight is 192 g/mol. The first-order chi connectivity index (χ1) is 5.55. The van der Waals surface area contributed by atoms with Gasteiger partial charge in [0.15, 0.2) is 9.84 Å². The minimum absolute atomic E-state index is 0.0359. The molecule has 1 atom stereocenters. The molecule has 1 aliphatic heterocycles. The zero-order valence-corrected chi connectivity index (χ0v) is 7.76. The maximum absolute atomic E-state index is 11.0. The molecular formula is C7H12O4S. The average Bonchev–Trinajstić information content (AvgIpc) is 2.31. The van der Waals surface area contributed by atoms with E-state index in [1.807, 2.05) is 0 Å². The van der Waals surface area contributed by atoms with Gasteiger partial charge in [0.1, 0.15) is 0 Å². The van der Waals surface area contributed by atoms with E-state index < -0.39 is 15.8 Å². The van der Waals surface area contributed by atoms with Crippen LogP contribution in [0.2, 0.25) is 0 Å². The van der Waals surface area contributed by atoms with E-state index in [1.165, 1.54) is 0 Å². The molecule has 0 aromatic heterocycles. The van der Waals surface area contributed by atoms with Crippen LogP contribution in [-0.4, -0.2) is 32.5 Å². The summed E-state index contributed by atoms with van der Waals surface area (Å²) in [4.78, 5) is 11.0. The third-order valence-corrected chi connectivity index (χ3v) is 3.62. The highest BCUT2D eigenvalue weighted by Gasteiger charge is 2.33. The smallest absolute Gasteiger partial charge is 0.309 e. The van der Waals surface area contributed by atoms with Crippen molar-refractivity contribution in [3.05, 3.63) is 0 Å². The van der Waals surface area contributed by atoms with Crippen molar-refractivity contribution in [1.82, 2.24) is 0 Å². The number of hydrogen-bond acceptors (Lipinski definition) is 4. The summed E-state index contributed by atoms with van der Waals surface area (Å²) in [6.45, 7) is 2.02. The summed E-state index contributed by atoms with van der Waals surface area (Å²) < 4.78 is 26.6. The minimum atomic E-state index is -2.96. The molecule has 0 aromatic rings. The molecule has 1 unspecified atom stereocenters. The van der Waals surface area contributed by atoms with Crippen molar-refractivity contribution in [2.45, 2.75) is 13.3 Å². The molecule has 1 saturated heterocycles. The zero-order valence-electron chi connectivity index (χ0n) is 6.95. The van der Waals surface area contributed by atoms with Gasteiger partial charge in [0.2, 0.25) is 0 Å². The van der Waals surface area contributed by atoms with Gasteiger partial charge in [0.05, 0.1) is 24.0 Å². The molecule has 0 saturated carbocycles. The SMILES string of the molecule is CCOC(=O)C1CCS(=O)(=O)C1. The highest BCUT2D eigenvalue weighted by molar-refractivity contribution is 7.91. The maximum atomic E-state index is 11.0. The number of carbonyl (C=O) groups is 1. The molecule has 0 radical (unpaired) electrons. The molecular weight excluding hydrogens is 180 g/mol. The molecule has 1 fully saturated rings. The Hall–Kier alpha value is -0.580. The maximum Gasteiger partial charge on any atom is 0.309 e. The van der Waals surface area contributed by atoms with Crippen molar-refractivity contribution < 1.29 is 17.9 Å². The molecule has 12 heavy (non-hydrogen) atoms. The number of esters is 1. The molecule has 0 bridgehead atoms. The first-order valence-electron chi connectivity index (χ1n) is 3.92. The van der Waals surface area contributed by atoms with E-state index in [-0.39, 0.29) is 17.5 Å². The molecule has 0 amide bonds. The normalized spacial score (nSPS) is 26.9. The summed E-state index contributed by atoms with van der Waals surface area (Å²) >= 11 is 0. The highest BCUT2D eigenvalue weighted by atomic mass is 32.2. The second-order valence-electron chi connectivity index (χ2n) is 2.85. The van der Waals surface area contributed by atoms with Gasteiger partial charge in [-0.25, -0.2) is 8.42 Å². The topological polar surface area (TPSA) is 60.4 Å². The van der Waals surface area contributed by atoms with Crippen LogP contribution in [0, 0.1) is 5.92 Å². The molecule has 1 rings (SSSR count). The zero-order chi connectivity index (χ0) is 9.19. The van der Waals surface area contributed by atoms with Crippen molar-refractivity contribution in [2.75, 3.05) is 18.1 Å².